The van der Waals surface area contributed by atoms with Crippen LogP contribution in [0.15, 0.2) is 36.5 Å². The molecular formula is C21H30N4O. The molecule has 2 heterocycles. The Balaban J connectivity index is 1.52. The van der Waals surface area contributed by atoms with Gasteiger partial charge in [-0.15, -0.1) is 0 Å². The number of aromatic nitrogens is 2. The second kappa shape index (κ2) is 9.53. The normalized spacial score (nSPS) is 15.1. The predicted octanol–water partition coefficient (Wildman–Crippen LogP) is 3.10. The molecule has 2 aromatic rings. The van der Waals surface area contributed by atoms with Crippen molar-refractivity contribution >= 4 is 5.91 Å². The number of carbonyl (C=O) groups is 1. The van der Waals surface area contributed by atoms with E-state index in [0.29, 0.717) is 12.1 Å². The lowest BCUT2D eigenvalue weighted by Crippen LogP contribution is -2.33. The van der Waals surface area contributed by atoms with Crippen LogP contribution < -0.4 is 5.32 Å². The van der Waals surface area contributed by atoms with Gasteiger partial charge in [-0.1, -0.05) is 43.7 Å². The average Bonchev–Trinajstić information content (AvgIpc) is 3.09. The number of hydrogen-bond donors (Lipinski definition) is 1. The molecule has 1 saturated heterocycles. The van der Waals surface area contributed by atoms with E-state index in [0.717, 1.165) is 31.6 Å². The van der Waals surface area contributed by atoms with Crippen LogP contribution >= 0.6 is 0 Å². The second-order valence-electron chi connectivity index (χ2n) is 7.01. The summed E-state index contributed by atoms with van der Waals surface area (Å²) in [7, 11) is 0. The SMILES string of the molecule is CCc1c(C(=O)NCCCN2CCCCC2)cnn1Cc1ccccc1. The van der Waals surface area contributed by atoms with E-state index in [2.05, 4.69) is 34.4 Å². The van der Waals surface area contributed by atoms with Gasteiger partial charge >= 0.3 is 0 Å². The monoisotopic (exact) mass is 354 g/mol. The van der Waals surface area contributed by atoms with Crippen molar-refractivity contribution in [2.24, 2.45) is 0 Å². The van der Waals surface area contributed by atoms with Crippen molar-refractivity contribution in [1.82, 2.24) is 20.0 Å². The standard InChI is InChI=1S/C21H30N4O/c1-2-20-19(16-23-25(20)17-18-10-5-3-6-11-18)21(26)22-12-9-15-24-13-7-4-8-14-24/h3,5-6,10-11,16H,2,4,7-9,12-15,17H2,1H3,(H,22,26). The van der Waals surface area contributed by atoms with E-state index in [1.165, 1.54) is 37.9 Å². The van der Waals surface area contributed by atoms with Crippen LogP contribution in [0, 0.1) is 0 Å². The van der Waals surface area contributed by atoms with Gasteiger partial charge in [-0.05, 0) is 50.9 Å². The van der Waals surface area contributed by atoms with Gasteiger partial charge in [0.15, 0.2) is 0 Å². The summed E-state index contributed by atoms with van der Waals surface area (Å²) in [5.41, 5.74) is 2.91. The first-order valence-electron chi connectivity index (χ1n) is 9.87. The molecule has 1 aromatic heterocycles. The molecule has 5 heteroatoms. The van der Waals surface area contributed by atoms with E-state index in [4.69, 9.17) is 0 Å². The summed E-state index contributed by atoms with van der Waals surface area (Å²) in [5.74, 6) is -0.000180. The van der Waals surface area contributed by atoms with Gasteiger partial charge in [0, 0.05) is 6.54 Å². The minimum absolute atomic E-state index is 0.000180. The third-order valence-electron chi connectivity index (χ3n) is 5.09. The lowest BCUT2D eigenvalue weighted by atomic mass is 10.1. The van der Waals surface area contributed by atoms with Crippen molar-refractivity contribution < 1.29 is 4.79 Å². The molecule has 1 N–H and O–H groups in total. The molecule has 0 bridgehead atoms. The van der Waals surface area contributed by atoms with E-state index in [-0.39, 0.29) is 5.91 Å². The van der Waals surface area contributed by atoms with Gasteiger partial charge in [0.05, 0.1) is 24.0 Å². The highest BCUT2D eigenvalue weighted by Crippen LogP contribution is 2.13. The highest BCUT2D eigenvalue weighted by molar-refractivity contribution is 5.95. The summed E-state index contributed by atoms with van der Waals surface area (Å²) in [4.78, 5) is 15.1. The van der Waals surface area contributed by atoms with Crippen molar-refractivity contribution in [3.05, 3.63) is 53.3 Å². The van der Waals surface area contributed by atoms with Crippen LogP contribution in [0.25, 0.3) is 0 Å². The van der Waals surface area contributed by atoms with E-state index >= 15 is 0 Å². The van der Waals surface area contributed by atoms with Gasteiger partial charge in [0.1, 0.15) is 0 Å². The molecule has 5 nitrogen and oxygen atoms in total. The van der Waals surface area contributed by atoms with E-state index < -0.39 is 0 Å². The smallest absolute Gasteiger partial charge is 0.254 e. The van der Waals surface area contributed by atoms with Gasteiger partial charge in [0.25, 0.3) is 5.91 Å². The largest absolute Gasteiger partial charge is 0.352 e. The Morgan fingerprint density at radius 3 is 2.65 bits per heavy atom. The van der Waals surface area contributed by atoms with Gasteiger partial charge in [-0.2, -0.15) is 5.10 Å². The number of amides is 1. The quantitative estimate of drug-likeness (QED) is 0.741. The summed E-state index contributed by atoms with van der Waals surface area (Å²) in [6.07, 6.45) is 7.50. The number of carbonyl (C=O) groups excluding carboxylic acids is 1. The third-order valence-corrected chi connectivity index (χ3v) is 5.09. The maximum absolute atomic E-state index is 12.6. The first-order chi connectivity index (χ1) is 12.8. The molecule has 3 rings (SSSR count). The first-order valence-corrected chi connectivity index (χ1v) is 9.87. The highest BCUT2D eigenvalue weighted by Gasteiger charge is 2.16. The number of nitrogens with one attached hydrogen (secondary N) is 1. The Labute approximate surface area is 156 Å². The highest BCUT2D eigenvalue weighted by atomic mass is 16.1. The Bertz CT molecular complexity index is 689. The average molecular weight is 354 g/mol. The van der Waals surface area contributed by atoms with E-state index in [9.17, 15) is 4.79 Å². The van der Waals surface area contributed by atoms with E-state index in [1.54, 1.807) is 6.20 Å². The van der Waals surface area contributed by atoms with Gasteiger partial charge < -0.3 is 10.2 Å². The van der Waals surface area contributed by atoms with Crippen LogP contribution in [0.4, 0.5) is 0 Å². The topological polar surface area (TPSA) is 50.2 Å². The Kier molecular flexibility index (Phi) is 6.83. The van der Waals surface area contributed by atoms with Crippen LogP contribution in [0.2, 0.25) is 0 Å². The molecular weight excluding hydrogens is 324 g/mol. The zero-order valence-corrected chi connectivity index (χ0v) is 15.8. The van der Waals surface area contributed by atoms with Gasteiger partial charge in [0.2, 0.25) is 0 Å². The van der Waals surface area contributed by atoms with E-state index in [1.807, 2.05) is 22.9 Å². The van der Waals surface area contributed by atoms with Crippen molar-refractivity contribution in [3.8, 4) is 0 Å². The summed E-state index contributed by atoms with van der Waals surface area (Å²) in [5, 5.41) is 7.52. The Morgan fingerprint density at radius 1 is 1.15 bits per heavy atom. The Morgan fingerprint density at radius 2 is 1.92 bits per heavy atom. The third kappa shape index (κ3) is 4.94. The van der Waals surface area contributed by atoms with Gasteiger partial charge in [-0.3, -0.25) is 9.48 Å². The molecule has 0 unspecified atom stereocenters. The number of hydrogen-bond acceptors (Lipinski definition) is 3. The maximum atomic E-state index is 12.6. The zero-order chi connectivity index (χ0) is 18.2. The second-order valence-corrected chi connectivity index (χ2v) is 7.01. The summed E-state index contributed by atoms with van der Waals surface area (Å²) in [6.45, 7) is 6.99. The van der Waals surface area contributed by atoms with Crippen molar-refractivity contribution in [2.75, 3.05) is 26.2 Å². The summed E-state index contributed by atoms with van der Waals surface area (Å²) in [6, 6.07) is 10.2. The van der Waals surface area contributed by atoms with Crippen molar-refractivity contribution in [2.45, 2.75) is 45.6 Å². The molecule has 0 radical (unpaired) electrons. The molecule has 140 valence electrons. The minimum atomic E-state index is -0.000180. The zero-order valence-electron chi connectivity index (χ0n) is 15.8. The molecule has 0 atom stereocenters. The van der Waals surface area contributed by atoms with Crippen LogP contribution in [0.1, 0.15) is 54.2 Å². The lowest BCUT2D eigenvalue weighted by Gasteiger charge is -2.26. The fourth-order valence-electron chi connectivity index (χ4n) is 3.65. The molecule has 26 heavy (non-hydrogen) atoms. The van der Waals surface area contributed by atoms with Crippen LogP contribution in [-0.4, -0.2) is 46.8 Å². The number of nitrogens with zero attached hydrogens (tertiary/aromatic N) is 3. The van der Waals surface area contributed by atoms with Crippen molar-refractivity contribution in [1.29, 1.82) is 0 Å². The molecule has 0 spiro atoms. The number of piperidine rings is 1. The van der Waals surface area contributed by atoms with Crippen molar-refractivity contribution in [3.63, 3.8) is 0 Å². The Hall–Kier alpha value is -2.14. The number of benzene rings is 1. The van der Waals surface area contributed by atoms with Gasteiger partial charge in [-0.25, -0.2) is 0 Å². The first kappa shape index (κ1) is 18.6. The molecule has 1 aliphatic rings. The summed E-state index contributed by atoms with van der Waals surface area (Å²) >= 11 is 0. The lowest BCUT2D eigenvalue weighted by molar-refractivity contribution is 0.0950. The van der Waals surface area contributed by atoms with Crippen LogP contribution in [0.3, 0.4) is 0 Å². The minimum Gasteiger partial charge on any atom is -0.352 e. The molecule has 0 saturated carbocycles. The maximum Gasteiger partial charge on any atom is 0.254 e. The molecule has 1 aliphatic heterocycles. The fourth-order valence-corrected chi connectivity index (χ4v) is 3.65. The predicted molar refractivity (Wildman–Crippen MR) is 104 cm³/mol. The summed E-state index contributed by atoms with van der Waals surface area (Å²) < 4.78 is 1.94. The van der Waals surface area contributed by atoms with Crippen LogP contribution in [0.5, 0.6) is 0 Å². The fraction of sp³-hybridized carbons (Fsp3) is 0.524. The molecule has 1 fully saturated rings. The molecule has 1 amide bonds. The number of likely N-dealkylation sites (tertiary alicyclic amines) is 1. The van der Waals surface area contributed by atoms with Crippen LogP contribution in [-0.2, 0) is 13.0 Å². The molecule has 1 aromatic carbocycles. The number of rotatable bonds is 8. The molecule has 0 aliphatic carbocycles.